The van der Waals surface area contributed by atoms with Gasteiger partial charge in [-0.2, -0.15) is 0 Å². The number of benzene rings is 1. The molecule has 1 aromatic heterocycles. The molecule has 1 aromatic carbocycles. The Bertz CT molecular complexity index is 539. The molecule has 0 amide bonds. The molecule has 0 fully saturated rings. The molecule has 0 aliphatic heterocycles. The van der Waals surface area contributed by atoms with Gasteiger partial charge in [0.1, 0.15) is 0 Å². The fourth-order valence-electron chi connectivity index (χ4n) is 3.17. The maximum Gasteiger partial charge on any atom is 0.0461 e. The van der Waals surface area contributed by atoms with E-state index in [4.69, 9.17) is 0 Å². The van der Waals surface area contributed by atoms with Crippen LogP contribution in [0.3, 0.4) is 0 Å². The molecular weight excluding hydrogens is 208 g/mol. The average molecular weight is 228 g/mol. The molecule has 0 bridgehead atoms. The lowest BCUT2D eigenvalue weighted by Crippen LogP contribution is -2.20. The summed E-state index contributed by atoms with van der Waals surface area (Å²) in [6, 6.07) is 6.78. The highest BCUT2D eigenvalue weighted by atomic mass is 14.8. The number of aromatic amines is 1. The number of hydrogen-bond acceptors (Lipinski definition) is 1. The first-order chi connectivity index (χ1) is 8.29. The summed E-state index contributed by atoms with van der Waals surface area (Å²) < 4.78 is 0. The van der Waals surface area contributed by atoms with Crippen molar-refractivity contribution in [2.24, 2.45) is 0 Å². The number of likely N-dealkylation sites (N-methyl/N-ethyl adjacent to an activating group) is 1. The zero-order valence-electron chi connectivity index (χ0n) is 10.6. The molecular formula is C15H20N2. The standard InChI is InChI=1S/C15H20N2/c1-10-6-7-12-14(8-10)17-13-5-3-4-11(9-16-2)15(12)13/h6-8,11,16-17H,3-5,9H2,1-2H3. The van der Waals surface area contributed by atoms with E-state index in [1.165, 1.54) is 41.4 Å². The molecule has 1 aliphatic rings. The number of rotatable bonds is 2. The lowest BCUT2D eigenvalue weighted by Gasteiger charge is -2.22. The molecule has 1 unspecified atom stereocenters. The zero-order valence-corrected chi connectivity index (χ0v) is 10.6. The third-order valence-electron chi connectivity index (χ3n) is 3.91. The highest BCUT2D eigenvalue weighted by molar-refractivity contribution is 5.86. The van der Waals surface area contributed by atoms with Gasteiger partial charge in [-0.05, 0) is 56.3 Å². The summed E-state index contributed by atoms with van der Waals surface area (Å²) in [6.45, 7) is 3.25. The second-order valence-corrected chi connectivity index (χ2v) is 5.21. The second-order valence-electron chi connectivity index (χ2n) is 5.21. The van der Waals surface area contributed by atoms with E-state index in [0.29, 0.717) is 5.92 Å². The van der Waals surface area contributed by atoms with Crippen LogP contribution in [0.25, 0.3) is 10.9 Å². The van der Waals surface area contributed by atoms with E-state index in [1.54, 1.807) is 5.56 Å². The minimum Gasteiger partial charge on any atom is -0.358 e. The molecule has 1 atom stereocenters. The first-order valence-corrected chi connectivity index (χ1v) is 6.55. The Labute approximate surface area is 102 Å². The summed E-state index contributed by atoms with van der Waals surface area (Å²) in [4.78, 5) is 3.62. The largest absolute Gasteiger partial charge is 0.358 e. The third kappa shape index (κ3) is 1.77. The van der Waals surface area contributed by atoms with Crippen molar-refractivity contribution in [3.63, 3.8) is 0 Å². The summed E-state index contributed by atoms with van der Waals surface area (Å²) in [5.41, 5.74) is 5.69. The van der Waals surface area contributed by atoms with Gasteiger partial charge in [-0.25, -0.2) is 0 Å². The quantitative estimate of drug-likeness (QED) is 0.812. The number of H-pyrrole nitrogens is 1. The van der Waals surface area contributed by atoms with Crippen molar-refractivity contribution in [1.29, 1.82) is 0 Å². The van der Waals surface area contributed by atoms with Gasteiger partial charge < -0.3 is 10.3 Å². The van der Waals surface area contributed by atoms with E-state index in [9.17, 15) is 0 Å². The molecule has 0 saturated carbocycles. The minimum absolute atomic E-state index is 0.681. The lowest BCUT2D eigenvalue weighted by molar-refractivity contribution is 0.529. The minimum atomic E-state index is 0.681. The molecule has 3 rings (SSSR count). The smallest absolute Gasteiger partial charge is 0.0461 e. The van der Waals surface area contributed by atoms with Crippen LogP contribution in [0.1, 0.15) is 35.6 Å². The molecule has 2 nitrogen and oxygen atoms in total. The van der Waals surface area contributed by atoms with E-state index in [2.05, 4.69) is 35.4 Å². The van der Waals surface area contributed by atoms with Crippen LogP contribution in [-0.4, -0.2) is 18.6 Å². The number of hydrogen-bond donors (Lipinski definition) is 2. The van der Waals surface area contributed by atoms with Crippen molar-refractivity contribution in [2.75, 3.05) is 13.6 Å². The number of nitrogens with one attached hydrogen (secondary N) is 2. The van der Waals surface area contributed by atoms with E-state index < -0.39 is 0 Å². The maximum atomic E-state index is 3.62. The summed E-state index contributed by atoms with van der Waals surface area (Å²) in [5, 5.41) is 4.77. The van der Waals surface area contributed by atoms with E-state index in [0.717, 1.165) is 6.54 Å². The van der Waals surface area contributed by atoms with Crippen molar-refractivity contribution in [2.45, 2.75) is 32.1 Å². The first kappa shape index (κ1) is 10.8. The van der Waals surface area contributed by atoms with E-state index >= 15 is 0 Å². The second kappa shape index (κ2) is 4.19. The third-order valence-corrected chi connectivity index (χ3v) is 3.91. The molecule has 2 aromatic rings. The van der Waals surface area contributed by atoms with Crippen LogP contribution in [0.4, 0.5) is 0 Å². The summed E-state index contributed by atoms with van der Waals surface area (Å²) in [5.74, 6) is 0.681. The van der Waals surface area contributed by atoms with E-state index in [1.807, 2.05) is 7.05 Å². The highest BCUT2D eigenvalue weighted by Gasteiger charge is 2.23. The SMILES string of the molecule is CNCC1CCCc2[nH]c3cc(C)ccc3c21. The Morgan fingerprint density at radius 3 is 3.12 bits per heavy atom. The zero-order chi connectivity index (χ0) is 11.8. The van der Waals surface area contributed by atoms with Crippen LogP contribution in [-0.2, 0) is 6.42 Å². The summed E-state index contributed by atoms with van der Waals surface area (Å²) in [6.07, 6.45) is 3.84. The van der Waals surface area contributed by atoms with Crippen LogP contribution in [0.15, 0.2) is 18.2 Å². The first-order valence-electron chi connectivity index (χ1n) is 6.55. The summed E-state index contributed by atoms with van der Waals surface area (Å²) in [7, 11) is 2.05. The fourth-order valence-corrected chi connectivity index (χ4v) is 3.17. The van der Waals surface area contributed by atoms with Gasteiger partial charge in [0.15, 0.2) is 0 Å². The molecule has 1 aliphatic carbocycles. The van der Waals surface area contributed by atoms with Gasteiger partial charge >= 0.3 is 0 Å². The predicted octanol–water partition coefficient (Wildman–Crippen LogP) is 3.12. The Balaban J connectivity index is 2.17. The monoisotopic (exact) mass is 228 g/mol. The molecule has 2 N–H and O–H groups in total. The Morgan fingerprint density at radius 2 is 2.29 bits per heavy atom. The molecule has 0 spiro atoms. The van der Waals surface area contributed by atoms with Crippen molar-refractivity contribution < 1.29 is 0 Å². The molecule has 17 heavy (non-hydrogen) atoms. The van der Waals surface area contributed by atoms with Gasteiger partial charge in [0, 0.05) is 23.1 Å². The van der Waals surface area contributed by atoms with Crippen molar-refractivity contribution in [1.82, 2.24) is 10.3 Å². The van der Waals surface area contributed by atoms with Gasteiger partial charge in [0.25, 0.3) is 0 Å². The number of aromatic nitrogens is 1. The topological polar surface area (TPSA) is 27.8 Å². The number of aryl methyl sites for hydroxylation is 2. The Morgan fingerprint density at radius 1 is 1.41 bits per heavy atom. The lowest BCUT2D eigenvalue weighted by atomic mass is 9.85. The molecule has 0 radical (unpaired) electrons. The van der Waals surface area contributed by atoms with Crippen LogP contribution in [0.2, 0.25) is 0 Å². The van der Waals surface area contributed by atoms with Crippen LogP contribution >= 0.6 is 0 Å². The average Bonchev–Trinajstić information content (AvgIpc) is 2.67. The van der Waals surface area contributed by atoms with Gasteiger partial charge in [-0.1, -0.05) is 12.1 Å². The van der Waals surface area contributed by atoms with E-state index in [-0.39, 0.29) is 0 Å². The molecule has 2 heteroatoms. The van der Waals surface area contributed by atoms with Crippen molar-refractivity contribution >= 4 is 10.9 Å². The van der Waals surface area contributed by atoms with Gasteiger partial charge in [0.2, 0.25) is 0 Å². The van der Waals surface area contributed by atoms with Gasteiger partial charge in [-0.15, -0.1) is 0 Å². The molecule has 90 valence electrons. The van der Waals surface area contributed by atoms with Gasteiger partial charge in [0.05, 0.1) is 0 Å². The normalized spacial score (nSPS) is 19.5. The van der Waals surface area contributed by atoms with Crippen molar-refractivity contribution in [3.05, 3.63) is 35.0 Å². The highest BCUT2D eigenvalue weighted by Crippen LogP contribution is 2.36. The van der Waals surface area contributed by atoms with Gasteiger partial charge in [-0.3, -0.25) is 0 Å². The fraction of sp³-hybridized carbons (Fsp3) is 0.467. The Hall–Kier alpha value is -1.28. The van der Waals surface area contributed by atoms with Crippen LogP contribution in [0, 0.1) is 6.92 Å². The molecule has 0 saturated heterocycles. The van der Waals surface area contributed by atoms with Crippen LogP contribution in [0.5, 0.6) is 0 Å². The van der Waals surface area contributed by atoms with Crippen LogP contribution < -0.4 is 5.32 Å². The summed E-state index contributed by atoms with van der Waals surface area (Å²) >= 11 is 0. The number of fused-ring (bicyclic) bond motifs is 3. The predicted molar refractivity (Wildman–Crippen MR) is 72.6 cm³/mol. The van der Waals surface area contributed by atoms with Crippen molar-refractivity contribution in [3.8, 4) is 0 Å². The Kier molecular flexibility index (Phi) is 2.67. The maximum absolute atomic E-state index is 3.62. The molecule has 1 heterocycles.